The number of benzene rings is 3. The molecule has 0 aromatic heterocycles. The maximum Gasteiger partial charge on any atom is 0.407 e. The van der Waals surface area contributed by atoms with Crippen molar-refractivity contribution in [2.75, 3.05) is 20.2 Å². The van der Waals surface area contributed by atoms with Gasteiger partial charge in [-0.25, -0.2) is 9.59 Å². The van der Waals surface area contributed by atoms with E-state index >= 15 is 0 Å². The van der Waals surface area contributed by atoms with E-state index in [0.717, 1.165) is 27.8 Å². The molecule has 1 aliphatic rings. The van der Waals surface area contributed by atoms with Gasteiger partial charge in [0.15, 0.2) is 29.9 Å². The van der Waals surface area contributed by atoms with Gasteiger partial charge in [-0.2, -0.15) is 0 Å². The highest BCUT2D eigenvalue weighted by Gasteiger charge is 2.37. The number of carbonyl (C=O) groups excluding carboxylic acids is 7. The molecule has 6 unspecified atom stereocenters. The first kappa shape index (κ1) is 52.7. The van der Waals surface area contributed by atoms with E-state index in [0.29, 0.717) is 12.8 Å². The van der Waals surface area contributed by atoms with Gasteiger partial charge in [-0.05, 0) is 79.3 Å². The van der Waals surface area contributed by atoms with Gasteiger partial charge in [0, 0.05) is 29.6 Å². The predicted octanol–water partition coefficient (Wildman–Crippen LogP) is 8.66. The second-order valence-electron chi connectivity index (χ2n) is 18.0. The summed E-state index contributed by atoms with van der Waals surface area (Å²) in [5, 5.41) is 5.67. The van der Waals surface area contributed by atoms with E-state index in [4.69, 9.17) is 23.7 Å². The molecular formula is C52H74N2O12. The highest BCUT2D eigenvalue weighted by molar-refractivity contribution is 5.92. The minimum atomic E-state index is -1.27. The average molecular weight is 922 g/mol. The third-order valence-electron chi connectivity index (χ3n) is 11.9. The molecule has 0 spiro atoms. The van der Waals surface area contributed by atoms with E-state index < -0.39 is 83.6 Å². The van der Waals surface area contributed by atoms with Crippen molar-refractivity contribution in [1.29, 1.82) is 0 Å². The van der Waals surface area contributed by atoms with Crippen molar-refractivity contribution in [3.05, 3.63) is 95.6 Å². The summed E-state index contributed by atoms with van der Waals surface area (Å²) >= 11 is 0. The smallest absolute Gasteiger partial charge is 0.407 e. The zero-order chi connectivity index (χ0) is 48.5. The van der Waals surface area contributed by atoms with Crippen molar-refractivity contribution in [1.82, 2.24) is 10.6 Å². The standard InChI is InChI=1S/C52H68N2O12.3H2/c1-31(2)42(50(59)65-35(8)48(57)62-29-36-19-11-10-12-20-36)28-45(56)47(33(5)6)66-49(58)37(27-44(55)34(7)64-51(60)46(53-9)32(3)4)21-17-18-26-54-52(61)63-30-43-40-24-15-13-22-38(40)39-23-14-16-25-41(39)43;;;/h10-16,19-20,22-25,31-35,37,42-43,46-47,53H,17-18,21,26-30H2,1-9H3,(H,54,61);3*1H/i;3*1+1. The Balaban J connectivity index is 0.00000793. The number of esters is 4. The third kappa shape index (κ3) is 15.1. The number of likely N-dealkylation sites (N-methyl/N-ethyl adjacent to an activating group) is 1. The number of ketones is 2. The maximum atomic E-state index is 14.0. The number of fused-ring (bicyclic) bond motifs is 3. The van der Waals surface area contributed by atoms with Crippen LogP contribution < -0.4 is 10.6 Å². The van der Waals surface area contributed by atoms with Crippen LogP contribution >= 0.6 is 0 Å². The van der Waals surface area contributed by atoms with Gasteiger partial charge < -0.3 is 34.3 Å². The van der Waals surface area contributed by atoms with E-state index in [2.05, 4.69) is 22.8 Å². The Labute approximate surface area is 393 Å². The van der Waals surface area contributed by atoms with Crippen LogP contribution in [-0.2, 0) is 59.1 Å². The predicted molar refractivity (Wildman–Crippen MR) is 254 cm³/mol. The zero-order valence-electron chi connectivity index (χ0n) is 39.8. The number of amides is 1. The molecule has 0 radical (unpaired) electrons. The summed E-state index contributed by atoms with van der Waals surface area (Å²) in [5.41, 5.74) is 5.19. The summed E-state index contributed by atoms with van der Waals surface area (Å²) in [5.74, 6) is -7.04. The Hall–Kier alpha value is -5.89. The van der Waals surface area contributed by atoms with Crippen molar-refractivity contribution < 1.29 is 61.5 Å². The van der Waals surface area contributed by atoms with Crippen LogP contribution in [0, 0.1) is 29.6 Å². The van der Waals surface area contributed by atoms with Gasteiger partial charge in [0.2, 0.25) is 0 Å². The van der Waals surface area contributed by atoms with Crippen LogP contribution in [0.5, 0.6) is 0 Å². The van der Waals surface area contributed by atoms with E-state index in [9.17, 15) is 33.6 Å². The number of hydrogen-bond acceptors (Lipinski definition) is 13. The van der Waals surface area contributed by atoms with Gasteiger partial charge in [-0.15, -0.1) is 0 Å². The molecule has 1 aliphatic carbocycles. The second kappa shape index (κ2) is 25.7. The number of unbranched alkanes of at least 4 members (excludes halogenated alkanes) is 1. The topological polar surface area (TPSA) is 190 Å². The fourth-order valence-electron chi connectivity index (χ4n) is 7.98. The van der Waals surface area contributed by atoms with Crippen molar-refractivity contribution in [3.8, 4) is 11.1 Å². The van der Waals surface area contributed by atoms with Crippen LogP contribution in [0.2, 0.25) is 0 Å². The molecule has 14 nitrogen and oxygen atoms in total. The molecule has 14 heteroatoms. The fourth-order valence-corrected chi connectivity index (χ4v) is 7.98. The van der Waals surface area contributed by atoms with E-state index in [1.54, 1.807) is 46.9 Å². The van der Waals surface area contributed by atoms with Crippen LogP contribution in [0.1, 0.15) is 114 Å². The highest BCUT2D eigenvalue weighted by atomic mass is 16.6. The van der Waals surface area contributed by atoms with Crippen LogP contribution in [0.25, 0.3) is 11.1 Å². The average Bonchev–Trinajstić information content (AvgIpc) is 3.60. The Morgan fingerprint density at radius 3 is 1.76 bits per heavy atom. The maximum absolute atomic E-state index is 14.0. The van der Waals surface area contributed by atoms with Crippen LogP contribution in [-0.4, -0.2) is 86.1 Å². The Morgan fingerprint density at radius 1 is 0.591 bits per heavy atom. The number of nitrogens with one attached hydrogen (secondary N) is 2. The van der Waals surface area contributed by atoms with Crippen molar-refractivity contribution >= 4 is 41.5 Å². The Bertz CT molecular complexity index is 2090. The number of carbonyl (C=O) groups is 7. The largest absolute Gasteiger partial charge is 0.458 e. The number of alkyl carbamates (subject to hydrolysis) is 1. The van der Waals surface area contributed by atoms with Crippen LogP contribution in [0.4, 0.5) is 4.79 Å². The first-order valence-electron chi connectivity index (χ1n) is 23.1. The minimum absolute atomic E-state index is 0. The van der Waals surface area contributed by atoms with Gasteiger partial charge in [0.1, 0.15) is 19.3 Å². The van der Waals surface area contributed by atoms with Gasteiger partial charge in [0.25, 0.3) is 0 Å². The molecule has 0 saturated carbocycles. The summed E-state index contributed by atoms with van der Waals surface area (Å²) in [7, 11) is 1.62. The molecule has 364 valence electrons. The van der Waals surface area contributed by atoms with Crippen molar-refractivity contribution in [2.45, 2.75) is 124 Å². The first-order valence-corrected chi connectivity index (χ1v) is 23.1. The molecule has 0 bridgehead atoms. The van der Waals surface area contributed by atoms with Gasteiger partial charge in [-0.1, -0.05) is 127 Å². The number of ether oxygens (including phenoxy) is 5. The summed E-state index contributed by atoms with van der Waals surface area (Å²) in [6.45, 7) is 13.8. The molecule has 3 aromatic carbocycles. The number of hydrogen-bond donors (Lipinski definition) is 2. The molecule has 3 aromatic rings. The van der Waals surface area contributed by atoms with E-state index in [1.807, 2.05) is 68.4 Å². The van der Waals surface area contributed by atoms with E-state index in [1.165, 1.54) is 13.8 Å². The molecule has 4 rings (SSSR count). The summed E-state index contributed by atoms with van der Waals surface area (Å²) in [6, 6.07) is 24.5. The van der Waals surface area contributed by atoms with E-state index in [-0.39, 0.29) is 61.1 Å². The lowest BCUT2D eigenvalue weighted by atomic mass is 9.87. The molecule has 66 heavy (non-hydrogen) atoms. The molecule has 1 amide bonds. The monoisotopic (exact) mass is 922 g/mol. The third-order valence-corrected chi connectivity index (χ3v) is 11.9. The lowest BCUT2D eigenvalue weighted by molar-refractivity contribution is -0.172. The molecule has 6 atom stereocenters. The van der Waals surface area contributed by atoms with Crippen LogP contribution in [0.15, 0.2) is 78.9 Å². The number of rotatable bonds is 26. The molecule has 0 aliphatic heterocycles. The van der Waals surface area contributed by atoms with Crippen molar-refractivity contribution in [2.24, 2.45) is 29.6 Å². The summed E-state index contributed by atoms with van der Waals surface area (Å²) in [4.78, 5) is 93.2. The van der Waals surface area contributed by atoms with Gasteiger partial charge in [0.05, 0.1) is 11.8 Å². The fraction of sp³-hybridized carbons (Fsp3) is 0.519. The highest BCUT2D eigenvalue weighted by Crippen LogP contribution is 2.44. The SMILES string of the molecule is CNC(C(=O)OC(C)C(=O)CC(CCCCNC(=O)OCC1c2ccccc2-c2ccccc21)C(=O)OC(C(=O)CC(C(=O)OC(C)C(=O)OCc1ccccc1)C(C)C)C(C)C)C(C)C.[2HH].[2HH].[2HH]. The summed E-state index contributed by atoms with van der Waals surface area (Å²) in [6.07, 6.45) is -3.97. The van der Waals surface area contributed by atoms with Crippen molar-refractivity contribution in [3.63, 3.8) is 0 Å². The molecule has 0 heterocycles. The first-order chi connectivity index (χ1) is 31.4. The molecular weight excluding hydrogens is 845 g/mol. The lowest BCUT2D eigenvalue weighted by Crippen LogP contribution is -2.42. The second-order valence-corrected chi connectivity index (χ2v) is 18.0. The Kier molecular flexibility index (Phi) is 20.5. The zero-order valence-corrected chi connectivity index (χ0v) is 39.8. The van der Waals surface area contributed by atoms with Crippen LogP contribution in [0.3, 0.4) is 0 Å². The molecule has 0 saturated heterocycles. The molecule has 0 fully saturated rings. The normalized spacial score (nSPS) is 14.8. The minimum Gasteiger partial charge on any atom is -0.458 e. The van der Waals surface area contributed by atoms with Gasteiger partial charge in [-0.3, -0.25) is 24.0 Å². The lowest BCUT2D eigenvalue weighted by Gasteiger charge is -2.27. The summed E-state index contributed by atoms with van der Waals surface area (Å²) < 4.78 is 27.8. The van der Waals surface area contributed by atoms with Gasteiger partial charge >= 0.3 is 30.0 Å². The number of Topliss-reactive ketones (excluding diaryl/α,β-unsaturated/α-hetero) is 2. The Morgan fingerprint density at radius 2 is 1.18 bits per heavy atom. The molecule has 2 N–H and O–H groups in total. The quantitative estimate of drug-likeness (QED) is 0.0443.